The average molecular weight is 262 g/mol. The molecule has 0 aromatic carbocycles. The predicted molar refractivity (Wildman–Crippen MR) is 83.2 cm³/mol. The van der Waals surface area contributed by atoms with E-state index in [0.29, 0.717) is 5.41 Å². The first-order valence-corrected chi connectivity index (χ1v) is 7.50. The average Bonchev–Trinajstić information content (AvgIpc) is 2.33. The molecule has 0 aromatic rings. The zero-order valence-corrected chi connectivity index (χ0v) is 14.2. The lowest BCUT2D eigenvalue weighted by Gasteiger charge is -2.35. The summed E-state index contributed by atoms with van der Waals surface area (Å²) in [7, 11) is 0. The molecule has 2 nitrogen and oxygen atoms in total. The molecule has 2 N–H and O–H groups in total. The molecule has 114 valence electrons. The number of rotatable bonds is 7. The van der Waals surface area contributed by atoms with E-state index < -0.39 is 0 Å². The highest BCUT2D eigenvalue weighted by Gasteiger charge is 2.27. The number of hydrogen-bond acceptors (Lipinski definition) is 1. The molecular weight excluding hydrogens is 224 g/mol. The van der Waals surface area contributed by atoms with E-state index in [2.05, 4.69) is 55.4 Å². The molecule has 0 unspecified atom stereocenters. The van der Waals surface area contributed by atoms with Crippen LogP contribution < -0.4 is 0 Å². The minimum atomic E-state index is 0. The minimum absolute atomic E-state index is 0. The molecule has 0 heterocycles. The SMILES string of the molecule is CCC.CCC(C)(C)COC(CC)(CC)CC.O. The highest BCUT2D eigenvalue weighted by Crippen LogP contribution is 2.29. The molecular formula is C16H38O2. The smallest absolute Gasteiger partial charge is 0.0675 e. The monoisotopic (exact) mass is 262 g/mol. The Hall–Kier alpha value is -0.0800. The van der Waals surface area contributed by atoms with E-state index in [0.717, 1.165) is 25.9 Å². The third-order valence-corrected chi connectivity index (χ3v) is 3.66. The van der Waals surface area contributed by atoms with Crippen LogP contribution in [0.3, 0.4) is 0 Å². The second kappa shape index (κ2) is 12.0. The highest BCUT2D eigenvalue weighted by atomic mass is 16.5. The second-order valence-corrected chi connectivity index (χ2v) is 5.76. The maximum Gasteiger partial charge on any atom is 0.0675 e. The van der Waals surface area contributed by atoms with Crippen LogP contribution in [0, 0.1) is 5.41 Å². The molecule has 0 radical (unpaired) electrons. The maximum atomic E-state index is 6.13. The Morgan fingerprint density at radius 1 is 0.722 bits per heavy atom. The molecule has 0 aliphatic carbocycles. The molecule has 0 saturated carbocycles. The largest absolute Gasteiger partial charge is 0.412 e. The Kier molecular flexibility index (Phi) is 15.3. The molecule has 0 bridgehead atoms. The Morgan fingerprint density at radius 3 is 1.28 bits per heavy atom. The van der Waals surface area contributed by atoms with Gasteiger partial charge in [-0.25, -0.2) is 0 Å². The molecule has 0 rings (SSSR count). The van der Waals surface area contributed by atoms with Crippen LogP contribution in [0.1, 0.15) is 87.5 Å². The molecule has 0 aliphatic rings. The van der Waals surface area contributed by atoms with Gasteiger partial charge in [0.1, 0.15) is 0 Å². The summed E-state index contributed by atoms with van der Waals surface area (Å²) in [5.74, 6) is 0. The summed E-state index contributed by atoms with van der Waals surface area (Å²) in [6.07, 6.45) is 5.81. The van der Waals surface area contributed by atoms with Crippen LogP contribution in [0.5, 0.6) is 0 Å². The Labute approximate surface area is 116 Å². The molecule has 0 aliphatic heterocycles. The van der Waals surface area contributed by atoms with Crippen LogP contribution >= 0.6 is 0 Å². The molecule has 18 heavy (non-hydrogen) atoms. The lowest BCUT2D eigenvalue weighted by Crippen LogP contribution is -2.34. The summed E-state index contributed by atoms with van der Waals surface area (Å²) >= 11 is 0. The van der Waals surface area contributed by atoms with Crippen molar-refractivity contribution in [3.05, 3.63) is 0 Å². The van der Waals surface area contributed by atoms with Gasteiger partial charge >= 0.3 is 0 Å². The Bertz CT molecular complexity index is 152. The van der Waals surface area contributed by atoms with Gasteiger partial charge in [-0.2, -0.15) is 0 Å². The standard InChI is InChI=1S/C13H28O.C3H8.H2O/c1-7-12(5,6)11-14-13(8-2,9-3)10-4;1-3-2;/h7-11H2,1-6H3;3H2,1-2H3;1H2. The van der Waals surface area contributed by atoms with Crippen molar-refractivity contribution in [3.63, 3.8) is 0 Å². The summed E-state index contributed by atoms with van der Waals surface area (Å²) in [6.45, 7) is 18.6. The van der Waals surface area contributed by atoms with Gasteiger partial charge in [0.05, 0.1) is 12.2 Å². The van der Waals surface area contributed by atoms with E-state index in [-0.39, 0.29) is 11.1 Å². The van der Waals surface area contributed by atoms with E-state index in [1.807, 2.05) is 0 Å². The van der Waals surface area contributed by atoms with E-state index >= 15 is 0 Å². The summed E-state index contributed by atoms with van der Waals surface area (Å²) in [4.78, 5) is 0. The van der Waals surface area contributed by atoms with Crippen LogP contribution in [0.4, 0.5) is 0 Å². The van der Waals surface area contributed by atoms with Gasteiger partial charge < -0.3 is 10.2 Å². The number of hydrogen-bond donors (Lipinski definition) is 0. The topological polar surface area (TPSA) is 40.7 Å². The first-order chi connectivity index (χ1) is 7.86. The van der Waals surface area contributed by atoms with Crippen molar-refractivity contribution in [3.8, 4) is 0 Å². The molecule has 0 aromatic heterocycles. The second-order valence-electron chi connectivity index (χ2n) is 5.76. The minimum Gasteiger partial charge on any atom is -0.412 e. The van der Waals surface area contributed by atoms with E-state index in [4.69, 9.17) is 4.74 Å². The molecule has 0 saturated heterocycles. The highest BCUT2D eigenvalue weighted by molar-refractivity contribution is 4.77. The number of ether oxygens (including phenoxy) is 1. The van der Waals surface area contributed by atoms with Crippen molar-refractivity contribution < 1.29 is 10.2 Å². The van der Waals surface area contributed by atoms with E-state index in [1.54, 1.807) is 0 Å². The van der Waals surface area contributed by atoms with Gasteiger partial charge in [-0.3, -0.25) is 0 Å². The van der Waals surface area contributed by atoms with Crippen molar-refractivity contribution >= 4 is 0 Å². The molecule has 0 atom stereocenters. The van der Waals surface area contributed by atoms with Crippen LogP contribution in [0.2, 0.25) is 0 Å². The van der Waals surface area contributed by atoms with Gasteiger partial charge in [-0.05, 0) is 31.1 Å². The van der Waals surface area contributed by atoms with Gasteiger partial charge in [-0.1, -0.05) is 61.8 Å². The van der Waals surface area contributed by atoms with Gasteiger partial charge in [0, 0.05) is 0 Å². The third-order valence-electron chi connectivity index (χ3n) is 3.66. The predicted octanol–water partition coefficient (Wildman–Crippen LogP) is 5.00. The summed E-state index contributed by atoms with van der Waals surface area (Å²) in [5.41, 5.74) is 0.456. The lowest BCUT2D eigenvalue weighted by molar-refractivity contribution is -0.0851. The van der Waals surface area contributed by atoms with Gasteiger partial charge in [0.15, 0.2) is 0 Å². The third kappa shape index (κ3) is 9.90. The van der Waals surface area contributed by atoms with E-state index in [9.17, 15) is 0 Å². The normalized spacial score (nSPS) is 11.3. The van der Waals surface area contributed by atoms with Crippen molar-refractivity contribution in [1.29, 1.82) is 0 Å². The Morgan fingerprint density at radius 2 is 1.06 bits per heavy atom. The zero-order chi connectivity index (χ0) is 13.9. The van der Waals surface area contributed by atoms with Crippen molar-refractivity contribution in [1.82, 2.24) is 0 Å². The summed E-state index contributed by atoms with van der Waals surface area (Å²) < 4.78 is 6.13. The van der Waals surface area contributed by atoms with Gasteiger partial charge in [-0.15, -0.1) is 0 Å². The molecule has 2 heteroatoms. The quantitative estimate of drug-likeness (QED) is 0.636. The lowest BCUT2D eigenvalue weighted by atomic mass is 9.89. The fraction of sp³-hybridized carbons (Fsp3) is 1.00. The first-order valence-electron chi connectivity index (χ1n) is 7.50. The van der Waals surface area contributed by atoms with E-state index in [1.165, 1.54) is 12.8 Å². The van der Waals surface area contributed by atoms with Crippen molar-refractivity contribution in [2.45, 2.75) is 93.1 Å². The molecule has 0 fully saturated rings. The zero-order valence-electron chi connectivity index (χ0n) is 14.2. The van der Waals surface area contributed by atoms with Gasteiger partial charge in [0.25, 0.3) is 0 Å². The van der Waals surface area contributed by atoms with Crippen molar-refractivity contribution in [2.24, 2.45) is 5.41 Å². The van der Waals surface area contributed by atoms with Crippen molar-refractivity contribution in [2.75, 3.05) is 6.61 Å². The summed E-state index contributed by atoms with van der Waals surface area (Å²) in [5, 5.41) is 0. The Balaban J connectivity index is -0.000000507. The summed E-state index contributed by atoms with van der Waals surface area (Å²) in [6, 6.07) is 0. The van der Waals surface area contributed by atoms with Crippen LogP contribution in [0.25, 0.3) is 0 Å². The fourth-order valence-corrected chi connectivity index (χ4v) is 1.51. The fourth-order valence-electron chi connectivity index (χ4n) is 1.51. The van der Waals surface area contributed by atoms with Crippen LogP contribution in [-0.2, 0) is 4.74 Å². The van der Waals surface area contributed by atoms with Crippen LogP contribution in [0.15, 0.2) is 0 Å². The van der Waals surface area contributed by atoms with Gasteiger partial charge in [0.2, 0.25) is 0 Å². The first kappa shape index (κ1) is 23.0. The molecule has 0 amide bonds. The maximum absolute atomic E-state index is 6.13. The van der Waals surface area contributed by atoms with Crippen LogP contribution in [-0.4, -0.2) is 17.7 Å². The molecule has 0 spiro atoms.